The van der Waals surface area contributed by atoms with Crippen molar-refractivity contribution in [2.45, 2.75) is 14.1 Å². The molecule has 0 aliphatic heterocycles. The maximum absolute atomic E-state index is 11.5. The average Bonchev–Trinajstić information content (AvgIpc) is 2.82. The molecule has 5 nitrogen and oxygen atoms in total. The summed E-state index contributed by atoms with van der Waals surface area (Å²) in [5.41, 5.74) is 6.97. The Kier molecular flexibility index (Phi) is 3.62. The van der Waals surface area contributed by atoms with E-state index in [1.807, 2.05) is 24.3 Å². The molecule has 21 heavy (non-hydrogen) atoms. The minimum atomic E-state index is -3.83. The molecule has 0 aliphatic rings. The van der Waals surface area contributed by atoms with E-state index < -0.39 is 10.0 Å². The number of hydrogen-bond acceptors (Lipinski definition) is 6. The molecule has 0 aliphatic carbocycles. The molecule has 3 aromatic rings. The van der Waals surface area contributed by atoms with Crippen LogP contribution < -0.4 is 10.9 Å². The Morgan fingerprint density at radius 1 is 1.10 bits per heavy atom. The Bertz CT molecular complexity index is 886. The first kappa shape index (κ1) is 14.3. The highest BCUT2D eigenvalue weighted by molar-refractivity contribution is 8.01. The zero-order valence-corrected chi connectivity index (χ0v) is 13.1. The molecular formula is C13H11N3O2S3. The lowest BCUT2D eigenvalue weighted by Gasteiger charge is -2.07. The van der Waals surface area contributed by atoms with Gasteiger partial charge >= 0.3 is 0 Å². The summed E-state index contributed by atoms with van der Waals surface area (Å²) in [6.07, 6.45) is 0. The molecule has 0 atom stereocenters. The number of rotatable bonds is 3. The maximum Gasteiger partial charge on any atom is 0.240 e. The van der Waals surface area contributed by atoms with E-state index in [1.54, 1.807) is 12.1 Å². The number of nitrogen functional groups attached to an aromatic ring is 1. The number of primary sulfonamides is 1. The summed E-state index contributed by atoms with van der Waals surface area (Å²) in [4.78, 5) is 5.05. The van der Waals surface area contributed by atoms with Gasteiger partial charge in [0.2, 0.25) is 10.0 Å². The van der Waals surface area contributed by atoms with Gasteiger partial charge in [-0.2, -0.15) is 0 Å². The Labute approximate surface area is 130 Å². The van der Waals surface area contributed by atoms with Gasteiger partial charge < -0.3 is 5.73 Å². The van der Waals surface area contributed by atoms with Gasteiger partial charge in [-0.15, -0.1) is 11.3 Å². The van der Waals surface area contributed by atoms with Gasteiger partial charge in [0.1, 0.15) is 4.90 Å². The van der Waals surface area contributed by atoms with Crippen molar-refractivity contribution in [1.29, 1.82) is 0 Å². The van der Waals surface area contributed by atoms with Crippen molar-refractivity contribution in [2.24, 2.45) is 5.14 Å². The fourth-order valence-corrected chi connectivity index (χ4v) is 4.70. The van der Waals surface area contributed by atoms with Crippen LogP contribution >= 0.6 is 23.1 Å². The number of nitrogens with zero attached hydrogens (tertiary/aromatic N) is 1. The highest BCUT2D eigenvalue weighted by atomic mass is 32.2. The number of para-hydroxylation sites is 2. The SMILES string of the molecule is Nc1c(Sc2nc3ccccc3s2)cccc1S(N)(=O)=O. The monoisotopic (exact) mass is 337 g/mol. The second-order valence-electron chi connectivity index (χ2n) is 4.26. The lowest BCUT2D eigenvalue weighted by molar-refractivity contribution is 0.598. The summed E-state index contributed by atoms with van der Waals surface area (Å²) in [5, 5.41) is 5.15. The van der Waals surface area contributed by atoms with Crippen molar-refractivity contribution in [2.75, 3.05) is 5.73 Å². The minimum absolute atomic E-state index is 0.0615. The van der Waals surface area contributed by atoms with E-state index in [1.165, 1.54) is 29.2 Å². The molecule has 1 heterocycles. The molecule has 0 saturated carbocycles. The molecule has 0 amide bonds. The van der Waals surface area contributed by atoms with E-state index >= 15 is 0 Å². The predicted molar refractivity (Wildman–Crippen MR) is 86.0 cm³/mol. The molecule has 3 rings (SSSR count). The summed E-state index contributed by atoms with van der Waals surface area (Å²) in [7, 11) is -3.83. The smallest absolute Gasteiger partial charge is 0.240 e. The van der Waals surface area contributed by atoms with Crippen LogP contribution in [0.5, 0.6) is 0 Å². The van der Waals surface area contributed by atoms with E-state index in [9.17, 15) is 8.42 Å². The first-order valence-corrected chi connectivity index (χ1v) is 9.08. The third kappa shape index (κ3) is 2.88. The summed E-state index contributed by atoms with van der Waals surface area (Å²) in [5.74, 6) is 0. The highest BCUT2D eigenvalue weighted by Crippen LogP contribution is 2.38. The number of fused-ring (bicyclic) bond motifs is 1. The molecular weight excluding hydrogens is 326 g/mol. The van der Waals surface area contributed by atoms with Crippen molar-refractivity contribution < 1.29 is 8.42 Å². The second-order valence-corrected chi connectivity index (χ2v) is 8.11. The van der Waals surface area contributed by atoms with E-state index in [2.05, 4.69) is 4.98 Å². The first-order chi connectivity index (χ1) is 9.95. The third-order valence-electron chi connectivity index (χ3n) is 2.80. The van der Waals surface area contributed by atoms with Crippen LogP contribution in [0.25, 0.3) is 10.2 Å². The van der Waals surface area contributed by atoms with Crippen LogP contribution in [0.2, 0.25) is 0 Å². The minimum Gasteiger partial charge on any atom is -0.397 e. The fourth-order valence-electron chi connectivity index (χ4n) is 1.85. The molecule has 1 aromatic heterocycles. The van der Waals surface area contributed by atoms with Gasteiger partial charge in [0.15, 0.2) is 4.34 Å². The van der Waals surface area contributed by atoms with Crippen LogP contribution in [-0.4, -0.2) is 13.4 Å². The number of anilines is 1. The summed E-state index contributed by atoms with van der Waals surface area (Å²) < 4.78 is 24.8. The standard InChI is InChI=1S/C13H11N3O2S3/c14-12-10(6-3-7-11(12)21(15,17)18)20-13-16-8-4-1-2-5-9(8)19-13/h1-7H,14H2,(H2,15,17,18). The molecule has 0 bridgehead atoms. The van der Waals surface area contributed by atoms with Crippen molar-refractivity contribution in [3.63, 3.8) is 0 Å². The molecule has 0 radical (unpaired) electrons. The summed E-state index contributed by atoms with van der Waals surface area (Å²) in [6.45, 7) is 0. The van der Waals surface area contributed by atoms with Crippen LogP contribution in [0.4, 0.5) is 5.69 Å². The van der Waals surface area contributed by atoms with Gasteiger partial charge in [-0.1, -0.05) is 30.0 Å². The molecule has 4 N–H and O–H groups in total. The molecule has 0 saturated heterocycles. The normalized spacial score (nSPS) is 11.9. The Hall–Kier alpha value is -1.61. The summed E-state index contributed by atoms with van der Waals surface area (Å²) >= 11 is 2.86. The molecule has 0 spiro atoms. The molecule has 2 aromatic carbocycles. The van der Waals surface area contributed by atoms with E-state index in [-0.39, 0.29) is 10.6 Å². The molecule has 8 heteroatoms. The zero-order valence-electron chi connectivity index (χ0n) is 10.7. The van der Waals surface area contributed by atoms with Crippen LogP contribution in [0.1, 0.15) is 0 Å². The average molecular weight is 337 g/mol. The van der Waals surface area contributed by atoms with Crippen LogP contribution in [-0.2, 0) is 10.0 Å². The van der Waals surface area contributed by atoms with Gasteiger partial charge in [-0.05, 0) is 24.3 Å². The second kappa shape index (κ2) is 5.30. The Morgan fingerprint density at radius 2 is 1.86 bits per heavy atom. The van der Waals surface area contributed by atoms with Gasteiger partial charge in [-0.25, -0.2) is 18.5 Å². The molecule has 0 unspecified atom stereocenters. The zero-order chi connectivity index (χ0) is 15.0. The molecule has 0 fully saturated rings. The largest absolute Gasteiger partial charge is 0.397 e. The lowest BCUT2D eigenvalue weighted by atomic mass is 10.3. The number of nitrogens with two attached hydrogens (primary N) is 2. The van der Waals surface area contributed by atoms with Crippen molar-refractivity contribution in [3.8, 4) is 0 Å². The number of sulfonamides is 1. The number of aromatic nitrogens is 1. The number of thiazole rings is 1. The van der Waals surface area contributed by atoms with Crippen molar-refractivity contribution in [1.82, 2.24) is 4.98 Å². The van der Waals surface area contributed by atoms with Crippen LogP contribution in [0, 0.1) is 0 Å². The van der Waals surface area contributed by atoms with E-state index in [0.717, 1.165) is 14.6 Å². The first-order valence-electron chi connectivity index (χ1n) is 5.90. The van der Waals surface area contributed by atoms with Gasteiger partial charge in [0, 0.05) is 4.90 Å². The van der Waals surface area contributed by atoms with Gasteiger partial charge in [0.25, 0.3) is 0 Å². The summed E-state index contributed by atoms with van der Waals surface area (Å²) in [6, 6.07) is 12.6. The number of hydrogen-bond donors (Lipinski definition) is 2. The molecule has 108 valence electrons. The van der Waals surface area contributed by atoms with Gasteiger partial charge in [-0.3, -0.25) is 0 Å². The quantitative estimate of drug-likeness (QED) is 0.716. The Balaban J connectivity index is 2.02. The van der Waals surface area contributed by atoms with Gasteiger partial charge in [0.05, 0.1) is 15.9 Å². The van der Waals surface area contributed by atoms with Crippen LogP contribution in [0.15, 0.2) is 56.6 Å². The van der Waals surface area contributed by atoms with E-state index in [0.29, 0.717) is 4.90 Å². The van der Waals surface area contributed by atoms with Crippen molar-refractivity contribution in [3.05, 3.63) is 42.5 Å². The van der Waals surface area contributed by atoms with Crippen LogP contribution in [0.3, 0.4) is 0 Å². The third-order valence-corrected chi connectivity index (χ3v) is 5.95. The topological polar surface area (TPSA) is 99.1 Å². The fraction of sp³-hybridized carbons (Fsp3) is 0. The maximum atomic E-state index is 11.5. The Morgan fingerprint density at radius 3 is 2.57 bits per heavy atom. The van der Waals surface area contributed by atoms with E-state index in [4.69, 9.17) is 10.9 Å². The number of benzene rings is 2. The van der Waals surface area contributed by atoms with Crippen molar-refractivity contribution >= 4 is 49.0 Å². The predicted octanol–water partition coefficient (Wildman–Crippen LogP) is 2.68. The highest BCUT2D eigenvalue weighted by Gasteiger charge is 2.16. The lowest BCUT2D eigenvalue weighted by Crippen LogP contribution is -2.14.